The Labute approximate surface area is 278 Å². The van der Waals surface area contributed by atoms with Crippen LogP contribution in [0.15, 0.2) is 33.7 Å². The van der Waals surface area contributed by atoms with Crippen LogP contribution in [0.5, 0.6) is 5.75 Å². The lowest BCUT2D eigenvalue weighted by Gasteiger charge is -2.50. The Morgan fingerprint density at radius 1 is 1.35 bits per heavy atom. The fourth-order valence-electron chi connectivity index (χ4n) is 5.33. The van der Waals surface area contributed by atoms with E-state index in [0.717, 1.165) is 22.5 Å². The molecule has 260 valence electrons. The summed E-state index contributed by atoms with van der Waals surface area (Å²) in [6.07, 6.45) is -0.362. The van der Waals surface area contributed by atoms with E-state index in [1.165, 1.54) is 26.2 Å². The zero-order valence-electron chi connectivity index (χ0n) is 26.0. The van der Waals surface area contributed by atoms with E-state index in [9.17, 15) is 27.9 Å². The number of fused-ring (bicyclic) bond motifs is 1. The van der Waals surface area contributed by atoms with E-state index >= 15 is 0 Å². The van der Waals surface area contributed by atoms with E-state index in [0.29, 0.717) is 42.8 Å². The summed E-state index contributed by atoms with van der Waals surface area (Å²) >= 11 is 0.969. The Morgan fingerprint density at radius 3 is 2.73 bits per heavy atom. The van der Waals surface area contributed by atoms with E-state index in [1.54, 1.807) is 6.07 Å². The van der Waals surface area contributed by atoms with Crippen molar-refractivity contribution in [1.82, 2.24) is 26.0 Å². The van der Waals surface area contributed by atoms with Gasteiger partial charge in [0.2, 0.25) is 0 Å². The van der Waals surface area contributed by atoms with E-state index < -0.39 is 57.2 Å². The smallest absolute Gasteiger partial charge is 0.418 e. The molecule has 2 aromatic rings. The van der Waals surface area contributed by atoms with Gasteiger partial charge in [-0.15, -0.1) is 15.6 Å². The average molecular weight is 710 g/mol. The van der Waals surface area contributed by atoms with Gasteiger partial charge in [-0.3, -0.25) is 19.1 Å². The number of ether oxygens (including phenoxy) is 1. The minimum absolute atomic E-state index is 0.0568. The van der Waals surface area contributed by atoms with Crippen molar-refractivity contribution in [2.24, 2.45) is 15.9 Å². The molecule has 0 aliphatic carbocycles. The lowest BCUT2D eigenvalue weighted by atomic mass is 9.84. The van der Waals surface area contributed by atoms with Crippen molar-refractivity contribution in [2.75, 3.05) is 25.4 Å². The first kappa shape index (κ1) is 34.8. The number of nitrogens with two attached hydrogens (primary N) is 2. The van der Waals surface area contributed by atoms with Crippen LogP contribution in [0, 0.1) is 0 Å². The number of rotatable bonds is 12. The summed E-state index contributed by atoms with van der Waals surface area (Å²) in [6.45, 7) is 5.59. The maximum Gasteiger partial charge on any atom is 0.418 e. The Kier molecular flexibility index (Phi) is 9.52. The molecule has 0 saturated carbocycles. The van der Waals surface area contributed by atoms with E-state index in [-0.39, 0.29) is 23.3 Å². The highest BCUT2D eigenvalue weighted by Crippen LogP contribution is 2.36. The molecule has 1 aromatic heterocycles. The van der Waals surface area contributed by atoms with Crippen LogP contribution >= 0.6 is 11.3 Å². The third kappa shape index (κ3) is 6.99. The van der Waals surface area contributed by atoms with E-state index in [2.05, 4.69) is 35.4 Å². The Hall–Kier alpha value is -4.57. The largest absolute Gasteiger partial charge is 0.485 e. The topological polar surface area (TPSA) is 282 Å². The number of anilines is 1. The van der Waals surface area contributed by atoms with Gasteiger partial charge in [-0.05, 0) is 56.9 Å². The van der Waals surface area contributed by atoms with Gasteiger partial charge in [0.1, 0.15) is 17.5 Å². The van der Waals surface area contributed by atoms with Crippen LogP contribution in [0.2, 0.25) is 0 Å². The van der Waals surface area contributed by atoms with Crippen LogP contribution in [-0.2, 0) is 40.3 Å². The Morgan fingerprint density at radius 2 is 2.10 bits per heavy atom. The summed E-state index contributed by atoms with van der Waals surface area (Å²) in [5.74, 6) is -2.30. The molecule has 3 unspecified atom stereocenters. The van der Waals surface area contributed by atoms with Gasteiger partial charge >= 0.3 is 16.4 Å². The molecule has 1 saturated heterocycles. The number of carboxylic acids is 1. The first-order chi connectivity index (χ1) is 22.5. The number of nitrogens with one attached hydrogen (secondary N) is 3. The summed E-state index contributed by atoms with van der Waals surface area (Å²) in [4.78, 5) is 52.8. The number of guanidine groups is 1. The van der Waals surface area contributed by atoms with Gasteiger partial charge in [0.15, 0.2) is 22.9 Å². The number of aliphatic imine (C=N–C) groups is 1. The number of aliphatic carboxylic acids is 1. The number of carbonyl (C=O) groups excluding carboxylic acids is 2. The molecule has 9 N–H and O–H groups in total. The third-order valence-corrected chi connectivity index (χ3v) is 9.09. The molecular weight excluding hydrogens is 674 g/mol. The van der Waals surface area contributed by atoms with Crippen LogP contribution < -0.4 is 32.2 Å². The number of hydroxylamine groups is 2. The van der Waals surface area contributed by atoms with Gasteiger partial charge in [0.25, 0.3) is 17.4 Å². The number of benzene rings is 1. The van der Waals surface area contributed by atoms with Crippen molar-refractivity contribution in [3.05, 3.63) is 40.4 Å². The molecule has 4 heterocycles. The van der Waals surface area contributed by atoms with Crippen molar-refractivity contribution in [2.45, 2.75) is 62.9 Å². The zero-order chi connectivity index (χ0) is 35.0. The van der Waals surface area contributed by atoms with Crippen molar-refractivity contribution in [3.63, 3.8) is 0 Å². The summed E-state index contributed by atoms with van der Waals surface area (Å²) in [6, 6.07) is 4.19. The number of aromatic nitrogens is 1. The summed E-state index contributed by atoms with van der Waals surface area (Å²) in [5, 5.41) is 24.8. The first-order valence-corrected chi connectivity index (χ1v) is 16.8. The van der Waals surface area contributed by atoms with Gasteiger partial charge in [-0.1, -0.05) is 11.2 Å². The fraction of sp³-hybridized carbons (Fsp3) is 0.481. The Bertz CT molecular complexity index is 1780. The highest BCUT2D eigenvalue weighted by atomic mass is 32.3. The van der Waals surface area contributed by atoms with Gasteiger partial charge in [0.05, 0.1) is 18.1 Å². The van der Waals surface area contributed by atoms with Crippen molar-refractivity contribution >= 4 is 56.3 Å². The van der Waals surface area contributed by atoms with Crippen LogP contribution in [0.1, 0.15) is 50.1 Å². The molecule has 4 atom stereocenters. The summed E-state index contributed by atoms with van der Waals surface area (Å²) in [7, 11) is -5.02. The van der Waals surface area contributed by atoms with Crippen LogP contribution in [0.3, 0.4) is 0 Å². The lowest BCUT2D eigenvalue weighted by Crippen LogP contribution is -2.76. The Balaban J connectivity index is 1.33. The van der Waals surface area contributed by atoms with Crippen LogP contribution in [0.25, 0.3) is 0 Å². The molecular formula is C27H35N9O10S2. The number of hydrogen-bond donors (Lipinski definition) is 7. The molecule has 2 amide bonds. The van der Waals surface area contributed by atoms with Crippen LogP contribution in [-0.4, -0.2) is 100 Å². The molecule has 19 nitrogen and oxygen atoms in total. The highest BCUT2D eigenvalue weighted by molar-refractivity contribution is 7.80. The molecule has 1 fully saturated rings. The number of β-lactam (4-membered cyclic amide) rings is 1. The van der Waals surface area contributed by atoms with Gasteiger partial charge in [-0.2, -0.15) is 13.5 Å². The summed E-state index contributed by atoms with van der Waals surface area (Å²) < 4.78 is 41.7. The number of oxime groups is 1. The minimum atomic E-state index is -5.02. The number of amides is 2. The standard InChI is InChI=1S/C27H35N9O10S2/c1-26(2)20(22(38)36(26)46-48(41,42)43)34-21(37)19(16-12-47-24(29)32-16)35-45-27(3,23(39)40)18-7-5-14-10-13(4-6-17(14)44-18)15-11-31-25(33-15)30-9-8-28/h4,6,10,12,15,18,20H,5,7-9,11,28H2,1-3H3,(H2,29,32)(H,34,37)(H,39,40)(H2,30,31,33)(H,41,42,43)/t15?,18-,20?,27?/m1/s1. The normalized spacial score (nSPS) is 23.1. The van der Waals surface area contributed by atoms with Crippen molar-refractivity contribution in [3.8, 4) is 5.75 Å². The molecule has 3 aliphatic heterocycles. The number of aryl methyl sites for hydroxylation is 1. The molecule has 48 heavy (non-hydrogen) atoms. The maximum absolute atomic E-state index is 13.4. The molecule has 5 rings (SSSR count). The van der Waals surface area contributed by atoms with Gasteiger partial charge < -0.3 is 42.1 Å². The molecule has 3 aliphatic rings. The van der Waals surface area contributed by atoms with E-state index in [4.69, 9.17) is 25.6 Å². The molecule has 0 bridgehead atoms. The fourth-order valence-corrected chi connectivity index (χ4v) is 6.34. The molecule has 21 heteroatoms. The van der Waals surface area contributed by atoms with Gasteiger partial charge in [0, 0.05) is 18.5 Å². The second-order valence-corrected chi connectivity index (χ2v) is 13.7. The van der Waals surface area contributed by atoms with Gasteiger partial charge in [-0.25, -0.2) is 9.78 Å². The number of nitrogens with zero attached hydrogens (tertiary/aromatic N) is 4. The van der Waals surface area contributed by atoms with E-state index in [1.807, 2.05) is 12.1 Å². The molecule has 0 radical (unpaired) electrons. The number of carboxylic acid groups (broad SMARTS) is 1. The number of nitrogen functional groups attached to an aromatic ring is 1. The average Bonchev–Trinajstić information content (AvgIpc) is 3.69. The van der Waals surface area contributed by atoms with Crippen molar-refractivity contribution < 1.29 is 46.3 Å². The lowest BCUT2D eigenvalue weighted by molar-refractivity contribution is -0.218. The van der Waals surface area contributed by atoms with Crippen LogP contribution in [0.4, 0.5) is 5.13 Å². The predicted octanol–water partition coefficient (Wildman–Crippen LogP) is -0.928. The minimum Gasteiger partial charge on any atom is -0.485 e. The maximum atomic E-state index is 13.4. The highest BCUT2D eigenvalue weighted by Gasteiger charge is 2.58. The number of carbonyl (C=O) groups is 3. The predicted molar refractivity (Wildman–Crippen MR) is 170 cm³/mol. The first-order valence-electron chi connectivity index (χ1n) is 14.6. The zero-order valence-corrected chi connectivity index (χ0v) is 27.6. The number of hydrogen-bond acceptors (Lipinski definition) is 16. The van der Waals surface area contributed by atoms with Crippen molar-refractivity contribution in [1.29, 1.82) is 0 Å². The SMILES string of the molecule is CC(ON=C(C(=O)NC1C(=O)N(OS(=O)(=O)O)C1(C)C)c1csc(N)n1)(C(=O)O)[C@H]1CCc2cc(C3CN=C(NCCN)N3)ccc2O1. The second-order valence-electron chi connectivity index (χ2n) is 11.8. The third-order valence-electron chi connectivity index (χ3n) is 8.08. The summed E-state index contributed by atoms with van der Waals surface area (Å²) in [5.41, 5.74) is 9.02. The molecule has 1 aromatic carbocycles. The monoisotopic (exact) mass is 709 g/mol. The second kappa shape index (κ2) is 13.1. The molecule has 0 spiro atoms. The quantitative estimate of drug-likeness (QED) is 0.0607. The number of thiazole rings is 1.